The largest absolute Gasteiger partial charge is 0.550 e. The minimum atomic E-state index is -0.995. The minimum Gasteiger partial charge on any atom is -0.550 e. The molecule has 0 heterocycles. The van der Waals surface area contributed by atoms with Gasteiger partial charge in [0.1, 0.15) is 0 Å². The van der Waals surface area contributed by atoms with Crippen molar-refractivity contribution in [3.8, 4) is 0 Å². The van der Waals surface area contributed by atoms with Crippen molar-refractivity contribution in [3.05, 3.63) is 24.3 Å². The third-order valence-electron chi connectivity index (χ3n) is 0.955. The Kier molecular flexibility index (Phi) is 5.44. The summed E-state index contributed by atoms with van der Waals surface area (Å²) in [4.78, 5) is 9.87. The van der Waals surface area contributed by atoms with Crippen molar-refractivity contribution in [3.63, 3.8) is 0 Å². The summed E-state index contributed by atoms with van der Waals surface area (Å²) >= 11 is 0. The molecule has 0 amide bonds. The Morgan fingerprint density at radius 2 is 2.20 bits per heavy atom. The van der Waals surface area contributed by atoms with Crippen LogP contribution in [0.5, 0.6) is 0 Å². The van der Waals surface area contributed by atoms with Gasteiger partial charge in [-0.2, -0.15) is 0 Å². The highest BCUT2D eigenvalue weighted by Crippen LogP contribution is 1.88. The molecule has 0 fully saturated rings. The molecule has 0 aromatic heterocycles. The predicted molar refractivity (Wildman–Crippen MR) is 38.2 cm³/mol. The summed E-state index contributed by atoms with van der Waals surface area (Å²) in [7, 11) is 0. The van der Waals surface area contributed by atoms with Crippen molar-refractivity contribution >= 4 is 5.97 Å². The molecule has 0 saturated carbocycles. The maximum absolute atomic E-state index is 9.87. The minimum absolute atomic E-state index is 0.105. The molecular weight excluding hydrogens is 128 g/mol. The molecule has 0 saturated heterocycles. The molecule has 0 N–H and O–H groups in total. The molecule has 56 valence electrons. The van der Waals surface area contributed by atoms with Gasteiger partial charge >= 0.3 is 0 Å². The number of hydrogen-bond acceptors (Lipinski definition) is 2. The van der Waals surface area contributed by atoms with E-state index in [1.807, 2.05) is 25.2 Å². The van der Waals surface area contributed by atoms with Crippen LogP contribution in [0.4, 0.5) is 0 Å². The van der Waals surface area contributed by atoms with Gasteiger partial charge in [-0.15, -0.1) is 0 Å². The molecule has 0 unspecified atom stereocenters. The van der Waals surface area contributed by atoms with E-state index in [2.05, 4.69) is 0 Å². The summed E-state index contributed by atoms with van der Waals surface area (Å²) in [6.07, 6.45) is 8.02. The summed E-state index contributed by atoms with van der Waals surface area (Å²) in [5.74, 6) is -0.995. The third-order valence-corrected chi connectivity index (χ3v) is 0.955. The van der Waals surface area contributed by atoms with E-state index in [0.717, 1.165) is 0 Å². The van der Waals surface area contributed by atoms with E-state index in [1.54, 1.807) is 6.08 Å². The fourth-order valence-corrected chi connectivity index (χ4v) is 0.487. The number of rotatable bonds is 4. The number of hydrogen-bond donors (Lipinski definition) is 0. The summed E-state index contributed by atoms with van der Waals surface area (Å²) < 4.78 is 0. The Morgan fingerprint density at radius 3 is 2.70 bits per heavy atom. The fourth-order valence-electron chi connectivity index (χ4n) is 0.487. The Morgan fingerprint density at radius 1 is 1.50 bits per heavy atom. The van der Waals surface area contributed by atoms with Crippen LogP contribution in [0.3, 0.4) is 0 Å². The molecule has 0 rings (SSSR count). The SMILES string of the molecule is CC=CC=CCCC(=O)[O-]. The second kappa shape index (κ2) is 6.08. The number of allylic oxidation sites excluding steroid dienone is 4. The van der Waals surface area contributed by atoms with Gasteiger partial charge in [0.2, 0.25) is 0 Å². The lowest BCUT2D eigenvalue weighted by molar-refractivity contribution is -0.305. The van der Waals surface area contributed by atoms with Crippen LogP contribution < -0.4 is 5.11 Å². The third kappa shape index (κ3) is 6.95. The molecule has 0 radical (unpaired) electrons. The zero-order chi connectivity index (χ0) is 7.82. The standard InChI is InChI=1S/C8H12O2/c1-2-3-4-5-6-7-8(9)10/h2-5H,6-7H2,1H3,(H,9,10)/p-1. The van der Waals surface area contributed by atoms with Crippen LogP contribution in [-0.4, -0.2) is 5.97 Å². The van der Waals surface area contributed by atoms with Gasteiger partial charge in [0, 0.05) is 5.97 Å². The molecule has 0 atom stereocenters. The predicted octanol–water partition coefficient (Wildman–Crippen LogP) is 0.649. The first-order valence-corrected chi connectivity index (χ1v) is 3.25. The molecule has 0 aliphatic heterocycles. The van der Waals surface area contributed by atoms with Crippen LogP contribution in [0.25, 0.3) is 0 Å². The summed E-state index contributed by atoms with van der Waals surface area (Å²) in [5, 5.41) is 9.87. The number of aliphatic carboxylic acids is 1. The number of carbonyl (C=O) groups excluding carboxylic acids is 1. The molecule has 10 heavy (non-hydrogen) atoms. The first-order chi connectivity index (χ1) is 4.77. The highest BCUT2D eigenvalue weighted by atomic mass is 16.4. The molecule has 0 aliphatic carbocycles. The zero-order valence-electron chi connectivity index (χ0n) is 6.04. The molecule has 2 heteroatoms. The van der Waals surface area contributed by atoms with Crippen molar-refractivity contribution in [1.29, 1.82) is 0 Å². The van der Waals surface area contributed by atoms with Crippen molar-refractivity contribution in [2.45, 2.75) is 19.8 Å². The Bertz CT molecular complexity index is 145. The second-order valence-electron chi connectivity index (χ2n) is 1.86. The van der Waals surface area contributed by atoms with Crippen LogP contribution in [0, 0.1) is 0 Å². The highest BCUT2D eigenvalue weighted by Gasteiger charge is 1.79. The van der Waals surface area contributed by atoms with Crippen LogP contribution >= 0.6 is 0 Å². The van der Waals surface area contributed by atoms with Crippen LogP contribution in [0.2, 0.25) is 0 Å². The molecule has 0 bridgehead atoms. The number of carboxylic acids is 1. The average molecular weight is 139 g/mol. The fraction of sp³-hybridized carbons (Fsp3) is 0.375. The van der Waals surface area contributed by atoms with E-state index in [4.69, 9.17) is 0 Å². The second-order valence-corrected chi connectivity index (χ2v) is 1.86. The first kappa shape index (κ1) is 8.95. The molecule has 0 aliphatic rings. The maximum Gasteiger partial charge on any atom is 0.0417 e. The Balaban J connectivity index is 3.27. The summed E-state index contributed by atoms with van der Waals surface area (Å²) in [5.41, 5.74) is 0. The first-order valence-electron chi connectivity index (χ1n) is 3.25. The quantitative estimate of drug-likeness (QED) is 0.536. The van der Waals surface area contributed by atoms with Gasteiger partial charge in [-0.05, 0) is 19.8 Å². The number of carbonyl (C=O) groups is 1. The number of carboxylic acid groups (broad SMARTS) is 1. The van der Waals surface area contributed by atoms with Gasteiger partial charge < -0.3 is 9.90 Å². The van der Waals surface area contributed by atoms with E-state index in [9.17, 15) is 9.90 Å². The van der Waals surface area contributed by atoms with E-state index >= 15 is 0 Å². The van der Waals surface area contributed by atoms with Crippen molar-refractivity contribution < 1.29 is 9.90 Å². The Labute approximate surface area is 60.9 Å². The van der Waals surface area contributed by atoms with E-state index in [-0.39, 0.29) is 6.42 Å². The van der Waals surface area contributed by atoms with Gasteiger partial charge in [-0.1, -0.05) is 24.3 Å². The van der Waals surface area contributed by atoms with Crippen LogP contribution in [0.15, 0.2) is 24.3 Å². The van der Waals surface area contributed by atoms with E-state index in [1.165, 1.54) is 0 Å². The normalized spacial score (nSPS) is 11.3. The van der Waals surface area contributed by atoms with Crippen molar-refractivity contribution in [1.82, 2.24) is 0 Å². The molecule has 0 spiro atoms. The smallest absolute Gasteiger partial charge is 0.0417 e. The summed E-state index contributed by atoms with van der Waals surface area (Å²) in [6, 6.07) is 0. The molecular formula is C8H11O2-. The van der Waals surface area contributed by atoms with Gasteiger partial charge in [-0.3, -0.25) is 0 Å². The van der Waals surface area contributed by atoms with Crippen molar-refractivity contribution in [2.24, 2.45) is 0 Å². The Hall–Kier alpha value is -1.05. The average Bonchev–Trinajstić information content (AvgIpc) is 1.87. The lowest BCUT2D eigenvalue weighted by Crippen LogP contribution is -2.21. The van der Waals surface area contributed by atoms with Gasteiger partial charge in [-0.25, -0.2) is 0 Å². The van der Waals surface area contributed by atoms with Gasteiger partial charge in [0.15, 0.2) is 0 Å². The monoisotopic (exact) mass is 139 g/mol. The van der Waals surface area contributed by atoms with Crippen LogP contribution in [0.1, 0.15) is 19.8 Å². The maximum atomic E-state index is 9.87. The van der Waals surface area contributed by atoms with Crippen molar-refractivity contribution in [2.75, 3.05) is 0 Å². The van der Waals surface area contributed by atoms with Crippen LogP contribution in [-0.2, 0) is 4.79 Å². The van der Waals surface area contributed by atoms with Gasteiger partial charge in [0.25, 0.3) is 0 Å². The topological polar surface area (TPSA) is 40.1 Å². The lowest BCUT2D eigenvalue weighted by Gasteiger charge is -1.94. The van der Waals surface area contributed by atoms with Gasteiger partial charge in [0.05, 0.1) is 0 Å². The summed E-state index contributed by atoms with van der Waals surface area (Å²) in [6.45, 7) is 1.91. The molecule has 2 nitrogen and oxygen atoms in total. The van der Waals surface area contributed by atoms with E-state index < -0.39 is 5.97 Å². The molecule has 0 aromatic carbocycles. The van der Waals surface area contributed by atoms with E-state index in [0.29, 0.717) is 6.42 Å². The zero-order valence-corrected chi connectivity index (χ0v) is 6.04. The lowest BCUT2D eigenvalue weighted by atomic mass is 10.3. The molecule has 0 aromatic rings. The highest BCUT2D eigenvalue weighted by molar-refractivity contribution is 5.64.